The van der Waals surface area contributed by atoms with Gasteiger partial charge in [-0.3, -0.25) is 4.79 Å². The third kappa shape index (κ3) is 1.47. The van der Waals surface area contributed by atoms with Crippen molar-refractivity contribution in [1.29, 1.82) is 0 Å². The first-order valence-corrected chi connectivity index (χ1v) is 6.85. The third-order valence-corrected chi connectivity index (χ3v) is 4.87. The van der Waals surface area contributed by atoms with E-state index in [0.29, 0.717) is 6.04 Å². The van der Waals surface area contributed by atoms with Crippen molar-refractivity contribution in [2.45, 2.75) is 38.6 Å². The minimum Gasteiger partial charge on any atom is -0.345 e. The van der Waals surface area contributed by atoms with Gasteiger partial charge in [-0.1, -0.05) is 18.3 Å². The van der Waals surface area contributed by atoms with Gasteiger partial charge in [-0.05, 0) is 31.6 Å². The van der Waals surface area contributed by atoms with Gasteiger partial charge in [-0.25, -0.2) is 4.98 Å². The van der Waals surface area contributed by atoms with Crippen molar-refractivity contribution < 1.29 is 4.79 Å². The predicted octanol–water partition coefficient (Wildman–Crippen LogP) is 2.51. The molecule has 1 saturated carbocycles. The molecule has 0 radical (unpaired) electrons. The lowest BCUT2D eigenvalue weighted by molar-refractivity contribution is 0.112. The van der Waals surface area contributed by atoms with Crippen molar-refractivity contribution in [2.24, 2.45) is 5.92 Å². The van der Waals surface area contributed by atoms with Crippen LogP contribution in [0.15, 0.2) is 0 Å². The lowest BCUT2D eigenvalue weighted by Gasteiger charge is -2.26. The van der Waals surface area contributed by atoms with Gasteiger partial charge in [0.1, 0.15) is 0 Å². The van der Waals surface area contributed by atoms with Crippen molar-refractivity contribution >= 4 is 22.8 Å². The first kappa shape index (κ1) is 10.3. The monoisotopic (exact) mass is 236 g/mol. The molecule has 2 unspecified atom stereocenters. The van der Waals surface area contributed by atoms with Crippen LogP contribution in [0.1, 0.15) is 41.6 Å². The fraction of sp³-hybridized carbons (Fsp3) is 0.667. The minimum absolute atomic E-state index is 0.695. The summed E-state index contributed by atoms with van der Waals surface area (Å²) in [6.07, 6.45) is 5.83. The van der Waals surface area contributed by atoms with Crippen LogP contribution in [-0.2, 0) is 6.42 Å². The summed E-state index contributed by atoms with van der Waals surface area (Å²) < 4.78 is 0. The summed E-state index contributed by atoms with van der Waals surface area (Å²) in [5, 5.41) is 1.08. The van der Waals surface area contributed by atoms with E-state index in [9.17, 15) is 4.79 Å². The summed E-state index contributed by atoms with van der Waals surface area (Å²) in [5.41, 5.74) is 0.970. The van der Waals surface area contributed by atoms with Crippen molar-refractivity contribution in [3.8, 4) is 0 Å². The third-order valence-electron chi connectivity index (χ3n) is 3.81. The first-order chi connectivity index (χ1) is 7.81. The molecule has 0 aromatic carbocycles. The predicted molar refractivity (Wildman–Crippen MR) is 65.4 cm³/mol. The summed E-state index contributed by atoms with van der Waals surface area (Å²) in [7, 11) is 0. The van der Waals surface area contributed by atoms with E-state index in [1.165, 1.54) is 19.3 Å². The van der Waals surface area contributed by atoms with Crippen LogP contribution in [0.2, 0.25) is 0 Å². The number of hydrogen-bond donors (Lipinski definition) is 0. The molecule has 86 valence electrons. The van der Waals surface area contributed by atoms with Crippen LogP contribution in [0.5, 0.6) is 0 Å². The van der Waals surface area contributed by atoms with Crippen LogP contribution in [0, 0.1) is 5.92 Å². The fourth-order valence-electron chi connectivity index (χ4n) is 2.98. The summed E-state index contributed by atoms with van der Waals surface area (Å²) in [6, 6.07) is 0.695. The minimum atomic E-state index is 0.695. The van der Waals surface area contributed by atoms with Gasteiger partial charge >= 0.3 is 0 Å². The SMILES string of the molecule is CCc1nc(N2CC3CCC2C3)sc1C=O. The fourth-order valence-corrected chi connectivity index (χ4v) is 4.03. The smallest absolute Gasteiger partial charge is 0.186 e. The molecule has 16 heavy (non-hydrogen) atoms. The van der Waals surface area contributed by atoms with E-state index in [0.717, 1.165) is 40.9 Å². The molecule has 0 N–H and O–H groups in total. The number of rotatable bonds is 3. The van der Waals surface area contributed by atoms with E-state index in [2.05, 4.69) is 16.8 Å². The van der Waals surface area contributed by atoms with E-state index in [1.54, 1.807) is 11.3 Å². The molecule has 2 bridgehead atoms. The van der Waals surface area contributed by atoms with Gasteiger partial charge < -0.3 is 4.90 Å². The summed E-state index contributed by atoms with van der Waals surface area (Å²) in [5.74, 6) is 0.874. The molecule has 0 spiro atoms. The Labute approximate surface area is 99.5 Å². The summed E-state index contributed by atoms with van der Waals surface area (Å²) in [6.45, 7) is 3.21. The van der Waals surface area contributed by atoms with Crippen molar-refractivity contribution in [3.63, 3.8) is 0 Å². The highest BCUT2D eigenvalue weighted by molar-refractivity contribution is 7.17. The standard InChI is InChI=1S/C12H16N2OS/c1-2-10-11(7-15)16-12(13-10)14-6-8-3-4-9(14)5-8/h7-9H,2-6H2,1H3. The number of nitrogens with zero attached hydrogens (tertiary/aromatic N) is 2. The molecule has 1 aromatic heterocycles. The number of hydrogen-bond acceptors (Lipinski definition) is 4. The van der Waals surface area contributed by atoms with Gasteiger partial charge in [0.25, 0.3) is 0 Å². The van der Waals surface area contributed by atoms with E-state index in [-0.39, 0.29) is 0 Å². The first-order valence-electron chi connectivity index (χ1n) is 6.03. The topological polar surface area (TPSA) is 33.2 Å². The Morgan fingerprint density at radius 1 is 1.56 bits per heavy atom. The van der Waals surface area contributed by atoms with Crippen LogP contribution in [0.4, 0.5) is 5.13 Å². The van der Waals surface area contributed by atoms with Gasteiger partial charge in [0.15, 0.2) is 11.4 Å². The zero-order chi connectivity index (χ0) is 11.1. The van der Waals surface area contributed by atoms with Crippen molar-refractivity contribution in [1.82, 2.24) is 4.98 Å². The largest absolute Gasteiger partial charge is 0.345 e. The molecule has 2 aliphatic rings. The molecular formula is C12H16N2OS. The average molecular weight is 236 g/mol. The molecular weight excluding hydrogens is 220 g/mol. The number of thiazole rings is 1. The second-order valence-electron chi connectivity index (χ2n) is 4.76. The van der Waals surface area contributed by atoms with E-state index < -0.39 is 0 Å². The molecule has 1 aliphatic carbocycles. The number of aryl methyl sites for hydroxylation is 1. The second kappa shape index (κ2) is 3.84. The maximum atomic E-state index is 10.9. The molecule has 1 aromatic rings. The Kier molecular flexibility index (Phi) is 2.46. The highest BCUT2D eigenvalue weighted by Crippen LogP contribution is 2.41. The molecule has 1 saturated heterocycles. The van der Waals surface area contributed by atoms with E-state index in [1.807, 2.05) is 0 Å². The number of fused-ring (bicyclic) bond motifs is 2. The van der Waals surface area contributed by atoms with Gasteiger partial charge in [0.2, 0.25) is 0 Å². The number of aldehydes is 1. The average Bonchev–Trinajstić information content (AvgIpc) is 3.02. The Balaban J connectivity index is 1.89. The molecule has 3 nitrogen and oxygen atoms in total. The van der Waals surface area contributed by atoms with Crippen molar-refractivity contribution in [2.75, 3.05) is 11.4 Å². The van der Waals surface area contributed by atoms with Gasteiger partial charge in [0.05, 0.1) is 10.6 Å². The van der Waals surface area contributed by atoms with Crippen LogP contribution < -0.4 is 4.90 Å². The van der Waals surface area contributed by atoms with Crippen LogP contribution in [-0.4, -0.2) is 23.9 Å². The number of anilines is 1. The number of carbonyl (C=O) groups is 1. The Hall–Kier alpha value is -0.900. The second-order valence-corrected chi connectivity index (χ2v) is 5.77. The lowest BCUT2D eigenvalue weighted by Crippen LogP contribution is -2.31. The summed E-state index contributed by atoms with van der Waals surface area (Å²) in [4.78, 5) is 18.8. The van der Waals surface area contributed by atoms with Crippen LogP contribution in [0.3, 0.4) is 0 Å². The number of piperidine rings is 1. The molecule has 2 fully saturated rings. The Morgan fingerprint density at radius 3 is 2.94 bits per heavy atom. The zero-order valence-corrected chi connectivity index (χ0v) is 10.3. The van der Waals surface area contributed by atoms with E-state index >= 15 is 0 Å². The highest BCUT2D eigenvalue weighted by atomic mass is 32.1. The maximum absolute atomic E-state index is 10.9. The number of aromatic nitrogens is 1. The molecule has 4 heteroatoms. The highest BCUT2D eigenvalue weighted by Gasteiger charge is 2.39. The molecule has 2 heterocycles. The molecule has 1 aliphatic heterocycles. The lowest BCUT2D eigenvalue weighted by atomic mass is 10.1. The molecule has 2 atom stereocenters. The quantitative estimate of drug-likeness (QED) is 0.756. The Morgan fingerprint density at radius 2 is 2.44 bits per heavy atom. The normalized spacial score (nSPS) is 27.7. The zero-order valence-electron chi connectivity index (χ0n) is 9.48. The van der Waals surface area contributed by atoms with Gasteiger partial charge in [-0.15, -0.1) is 0 Å². The van der Waals surface area contributed by atoms with Crippen LogP contribution in [0.25, 0.3) is 0 Å². The van der Waals surface area contributed by atoms with Gasteiger partial charge in [-0.2, -0.15) is 0 Å². The van der Waals surface area contributed by atoms with Crippen LogP contribution >= 0.6 is 11.3 Å². The van der Waals surface area contributed by atoms with Gasteiger partial charge in [0, 0.05) is 12.6 Å². The Bertz CT molecular complexity index is 415. The van der Waals surface area contributed by atoms with E-state index in [4.69, 9.17) is 0 Å². The number of carbonyl (C=O) groups excluding carboxylic acids is 1. The molecule has 0 amide bonds. The molecule has 3 rings (SSSR count). The summed E-state index contributed by atoms with van der Waals surface area (Å²) >= 11 is 1.57. The maximum Gasteiger partial charge on any atom is 0.186 e. The van der Waals surface area contributed by atoms with Crippen molar-refractivity contribution in [3.05, 3.63) is 10.6 Å².